The molecule has 0 aliphatic heterocycles. The Bertz CT molecular complexity index is 681. The third kappa shape index (κ3) is 3.52. The van der Waals surface area contributed by atoms with Gasteiger partial charge in [-0.2, -0.15) is 4.37 Å². The maximum Gasteiger partial charge on any atom is 0.325 e. The van der Waals surface area contributed by atoms with E-state index in [2.05, 4.69) is 20.2 Å². The summed E-state index contributed by atoms with van der Waals surface area (Å²) in [6, 6.07) is 1.45. The minimum absolute atomic E-state index is 0.172. The van der Waals surface area contributed by atoms with E-state index < -0.39 is 11.8 Å². The molecule has 0 atom stereocenters. The maximum atomic E-state index is 11.8. The Labute approximate surface area is 129 Å². The van der Waals surface area contributed by atoms with E-state index in [-0.39, 0.29) is 16.7 Å². The van der Waals surface area contributed by atoms with Crippen molar-refractivity contribution in [1.29, 1.82) is 0 Å². The SMILES string of the molecule is CCOc1oc(C(=O)NNC(=O)c2cc(OC)ns2)nc1C. The summed E-state index contributed by atoms with van der Waals surface area (Å²) in [6.45, 7) is 3.82. The molecule has 9 nitrogen and oxygen atoms in total. The molecule has 2 rings (SSSR count). The van der Waals surface area contributed by atoms with E-state index in [9.17, 15) is 9.59 Å². The van der Waals surface area contributed by atoms with Crippen molar-refractivity contribution in [3.63, 3.8) is 0 Å². The molecule has 2 amide bonds. The van der Waals surface area contributed by atoms with Crippen LogP contribution in [-0.2, 0) is 0 Å². The van der Waals surface area contributed by atoms with Gasteiger partial charge in [0.2, 0.25) is 5.88 Å². The highest BCUT2D eigenvalue weighted by Crippen LogP contribution is 2.19. The Hall–Kier alpha value is -2.62. The zero-order valence-corrected chi connectivity index (χ0v) is 12.9. The van der Waals surface area contributed by atoms with Gasteiger partial charge in [-0.3, -0.25) is 20.4 Å². The molecule has 2 aromatic rings. The number of hydrogen-bond donors (Lipinski definition) is 2. The number of carbonyl (C=O) groups excluding carboxylic acids is 2. The van der Waals surface area contributed by atoms with Gasteiger partial charge in [0.25, 0.3) is 11.8 Å². The van der Waals surface area contributed by atoms with Crippen LogP contribution in [0, 0.1) is 6.92 Å². The molecule has 0 aliphatic rings. The number of oxazole rings is 1. The first-order chi connectivity index (χ1) is 10.5. The maximum absolute atomic E-state index is 11.8. The summed E-state index contributed by atoms with van der Waals surface area (Å²) in [7, 11) is 1.44. The number of aryl methyl sites for hydroxylation is 1. The van der Waals surface area contributed by atoms with Crippen molar-refractivity contribution in [2.45, 2.75) is 13.8 Å². The van der Waals surface area contributed by atoms with Crippen LogP contribution in [0.15, 0.2) is 10.5 Å². The van der Waals surface area contributed by atoms with Crippen molar-refractivity contribution < 1.29 is 23.5 Å². The smallest absolute Gasteiger partial charge is 0.325 e. The molecule has 2 aromatic heterocycles. The molecule has 0 radical (unpaired) electrons. The van der Waals surface area contributed by atoms with Crippen LogP contribution in [0.4, 0.5) is 0 Å². The quantitative estimate of drug-likeness (QED) is 0.785. The van der Waals surface area contributed by atoms with Gasteiger partial charge in [0.1, 0.15) is 10.6 Å². The molecule has 0 saturated heterocycles. The van der Waals surface area contributed by atoms with Crippen LogP contribution < -0.4 is 20.3 Å². The zero-order valence-electron chi connectivity index (χ0n) is 12.1. The van der Waals surface area contributed by atoms with E-state index in [0.29, 0.717) is 18.2 Å². The Morgan fingerprint density at radius 1 is 1.36 bits per heavy atom. The second-order valence-electron chi connectivity index (χ2n) is 3.97. The standard InChI is InChI=1S/C12H14N4O5S/c1-4-20-12-6(2)13-11(21-12)10(18)15-14-9(17)7-5-8(19-3)16-22-7/h5H,4H2,1-3H3,(H,14,17)(H,15,18). The number of hydrazine groups is 1. The summed E-state index contributed by atoms with van der Waals surface area (Å²) in [4.78, 5) is 27.8. The number of ether oxygens (including phenoxy) is 2. The lowest BCUT2D eigenvalue weighted by Crippen LogP contribution is -2.41. The van der Waals surface area contributed by atoms with Crippen molar-refractivity contribution in [3.05, 3.63) is 22.5 Å². The van der Waals surface area contributed by atoms with Crippen LogP contribution in [0.1, 0.15) is 33.0 Å². The van der Waals surface area contributed by atoms with Crippen molar-refractivity contribution in [2.24, 2.45) is 0 Å². The van der Waals surface area contributed by atoms with E-state index in [4.69, 9.17) is 13.9 Å². The van der Waals surface area contributed by atoms with Crippen molar-refractivity contribution in [2.75, 3.05) is 13.7 Å². The molecular formula is C12H14N4O5S. The van der Waals surface area contributed by atoms with Gasteiger partial charge < -0.3 is 13.9 Å². The minimum atomic E-state index is -0.695. The minimum Gasteiger partial charge on any atom is -0.480 e. The Balaban J connectivity index is 1.94. The number of methoxy groups -OCH3 is 1. The molecule has 0 saturated carbocycles. The number of rotatable bonds is 5. The Morgan fingerprint density at radius 3 is 2.73 bits per heavy atom. The first-order valence-corrected chi connectivity index (χ1v) is 7.04. The molecule has 0 bridgehead atoms. The highest BCUT2D eigenvalue weighted by Gasteiger charge is 2.19. The average molecular weight is 326 g/mol. The summed E-state index contributed by atoms with van der Waals surface area (Å²) in [5.41, 5.74) is 4.88. The number of carbonyl (C=O) groups is 2. The van der Waals surface area contributed by atoms with Gasteiger partial charge in [-0.05, 0) is 25.4 Å². The highest BCUT2D eigenvalue weighted by atomic mass is 32.1. The molecule has 118 valence electrons. The fourth-order valence-corrected chi connectivity index (χ4v) is 2.04. The molecule has 10 heteroatoms. The Kier molecular flexibility index (Phi) is 4.94. The van der Waals surface area contributed by atoms with Crippen molar-refractivity contribution in [1.82, 2.24) is 20.2 Å². The second kappa shape index (κ2) is 6.89. The van der Waals surface area contributed by atoms with E-state index in [1.807, 2.05) is 0 Å². The van der Waals surface area contributed by atoms with Gasteiger partial charge >= 0.3 is 11.9 Å². The zero-order chi connectivity index (χ0) is 16.1. The number of amides is 2. The summed E-state index contributed by atoms with van der Waals surface area (Å²) in [5.74, 6) is -0.929. The molecule has 0 unspecified atom stereocenters. The third-order valence-electron chi connectivity index (χ3n) is 2.43. The van der Waals surface area contributed by atoms with Crippen LogP contribution in [0.3, 0.4) is 0 Å². The average Bonchev–Trinajstić information content (AvgIpc) is 3.12. The lowest BCUT2D eigenvalue weighted by Gasteiger charge is -2.02. The molecule has 0 aliphatic carbocycles. The van der Waals surface area contributed by atoms with E-state index in [1.54, 1.807) is 13.8 Å². The fraction of sp³-hybridized carbons (Fsp3) is 0.333. The summed E-state index contributed by atoms with van der Waals surface area (Å²) in [5, 5.41) is 0. The lowest BCUT2D eigenvalue weighted by atomic mass is 10.4. The third-order valence-corrected chi connectivity index (χ3v) is 3.21. The van der Waals surface area contributed by atoms with Crippen LogP contribution in [-0.4, -0.2) is 34.9 Å². The van der Waals surface area contributed by atoms with Crippen molar-refractivity contribution >= 4 is 23.3 Å². The van der Waals surface area contributed by atoms with E-state index in [0.717, 1.165) is 11.5 Å². The predicted molar refractivity (Wildman–Crippen MR) is 76.0 cm³/mol. The number of nitrogens with one attached hydrogen (secondary N) is 2. The second-order valence-corrected chi connectivity index (χ2v) is 4.77. The summed E-state index contributed by atoms with van der Waals surface area (Å²) < 4.78 is 19.1. The summed E-state index contributed by atoms with van der Waals surface area (Å²) in [6.07, 6.45) is 0. The number of aromatic nitrogens is 2. The number of nitrogens with zero attached hydrogens (tertiary/aromatic N) is 2. The lowest BCUT2D eigenvalue weighted by molar-refractivity contribution is 0.0823. The largest absolute Gasteiger partial charge is 0.480 e. The summed E-state index contributed by atoms with van der Waals surface area (Å²) >= 11 is 0.945. The van der Waals surface area contributed by atoms with Crippen LogP contribution in [0.2, 0.25) is 0 Å². The molecule has 2 N–H and O–H groups in total. The monoisotopic (exact) mass is 326 g/mol. The first-order valence-electron chi connectivity index (χ1n) is 6.26. The highest BCUT2D eigenvalue weighted by molar-refractivity contribution is 7.08. The number of hydrogen-bond acceptors (Lipinski definition) is 8. The first kappa shape index (κ1) is 15.8. The van der Waals surface area contributed by atoms with E-state index in [1.165, 1.54) is 13.2 Å². The molecule has 2 heterocycles. The van der Waals surface area contributed by atoms with Gasteiger partial charge in [-0.25, -0.2) is 4.98 Å². The molecule has 0 aromatic carbocycles. The van der Waals surface area contributed by atoms with Crippen LogP contribution >= 0.6 is 11.5 Å². The normalized spacial score (nSPS) is 10.1. The fourth-order valence-electron chi connectivity index (χ4n) is 1.44. The predicted octanol–water partition coefficient (Wildman–Crippen LogP) is 0.922. The molecule has 22 heavy (non-hydrogen) atoms. The van der Waals surface area contributed by atoms with Gasteiger partial charge in [0, 0.05) is 6.07 Å². The van der Waals surface area contributed by atoms with Gasteiger partial charge in [0.05, 0.1) is 13.7 Å². The van der Waals surface area contributed by atoms with Gasteiger partial charge in [-0.15, -0.1) is 0 Å². The molecule has 0 fully saturated rings. The van der Waals surface area contributed by atoms with Crippen LogP contribution in [0.25, 0.3) is 0 Å². The topological polar surface area (TPSA) is 116 Å². The van der Waals surface area contributed by atoms with Gasteiger partial charge in [-0.1, -0.05) is 0 Å². The van der Waals surface area contributed by atoms with Crippen molar-refractivity contribution in [3.8, 4) is 11.8 Å². The van der Waals surface area contributed by atoms with E-state index >= 15 is 0 Å². The van der Waals surface area contributed by atoms with Gasteiger partial charge in [0.15, 0.2) is 0 Å². The Morgan fingerprint density at radius 2 is 2.09 bits per heavy atom. The van der Waals surface area contributed by atoms with Crippen LogP contribution in [0.5, 0.6) is 11.8 Å². The molecule has 0 spiro atoms. The molecular weight excluding hydrogens is 312 g/mol.